The van der Waals surface area contributed by atoms with Crippen molar-refractivity contribution in [3.8, 4) is 5.82 Å². The summed E-state index contributed by atoms with van der Waals surface area (Å²) < 4.78 is 1.65. The molecule has 0 radical (unpaired) electrons. The van der Waals surface area contributed by atoms with E-state index in [0.29, 0.717) is 11.4 Å². The van der Waals surface area contributed by atoms with Crippen LogP contribution in [0.15, 0.2) is 30.6 Å². The maximum Gasteiger partial charge on any atom is 0.255 e. The van der Waals surface area contributed by atoms with Gasteiger partial charge in [-0.15, -0.1) is 0 Å². The van der Waals surface area contributed by atoms with Gasteiger partial charge in [0.2, 0.25) is 5.91 Å². The molecule has 7 nitrogen and oxygen atoms in total. The average Bonchev–Trinajstić information content (AvgIpc) is 2.98. The highest BCUT2D eigenvalue weighted by Crippen LogP contribution is 2.22. The Labute approximate surface area is 128 Å². The van der Waals surface area contributed by atoms with E-state index >= 15 is 0 Å². The molecule has 0 aromatic carbocycles. The maximum absolute atomic E-state index is 12.3. The molecule has 22 heavy (non-hydrogen) atoms. The monoisotopic (exact) mass is 301 g/mol. The van der Waals surface area contributed by atoms with E-state index in [4.69, 9.17) is 0 Å². The van der Waals surface area contributed by atoms with Crippen LogP contribution >= 0.6 is 0 Å². The van der Waals surface area contributed by atoms with Crippen LogP contribution in [-0.2, 0) is 4.79 Å². The first-order valence-electron chi connectivity index (χ1n) is 7.02. The summed E-state index contributed by atoms with van der Waals surface area (Å²) in [6.45, 7) is 3.89. The minimum Gasteiger partial charge on any atom is -0.358 e. The van der Waals surface area contributed by atoms with Crippen molar-refractivity contribution in [1.29, 1.82) is 0 Å². The number of amides is 2. The number of rotatable bonds is 5. The van der Waals surface area contributed by atoms with Crippen LogP contribution in [0.5, 0.6) is 0 Å². The topological polar surface area (TPSA) is 88.9 Å². The smallest absolute Gasteiger partial charge is 0.255 e. The van der Waals surface area contributed by atoms with Crippen LogP contribution in [0.2, 0.25) is 0 Å². The molecule has 2 aromatic heterocycles. The van der Waals surface area contributed by atoms with Crippen molar-refractivity contribution >= 4 is 11.8 Å². The molecule has 0 aliphatic rings. The minimum absolute atomic E-state index is 0.0678. The quantitative estimate of drug-likeness (QED) is 0.857. The fourth-order valence-corrected chi connectivity index (χ4v) is 2.09. The van der Waals surface area contributed by atoms with E-state index < -0.39 is 0 Å². The van der Waals surface area contributed by atoms with Crippen molar-refractivity contribution < 1.29 is 9.59 Å². The lowest BCUT2D eigenvalue weighted by molar-refractivity contribution is -0.119. The Kier molecular flexibility index (Phi) is 4.88. The molecule has 0 spiro atoms. The van der Waals surface area contributed by atoms with E-state index in [1.165, 1.54) is 13.2 Å². The van der Waals surface area contributed by atoms with Gasteiger partial charge in [-0.25, -0.2) is 9.67 Å². The SMILES string of the molecule is CNC(=O)CNC(=O)c1cnn(-c2ccccn2)c1C(C)C. The summed E-state index contributed by atoms with van der Waals surface area (Å²) >= 11 is 0. The summed E-state index contributed by atoms with van der Waals surface area (Å²) in [6, 6.07) is 5.50. The summed E-state index contributed by atoms with van der Waals surface area (Å²) in [5.41, 5.74) is 1.21. The van der Waals surface area contributed by atoms with E-state index in [2.05, 4.69) is 20.7 Å². The predicted octanol–water partition coefficient (Wildman–Crippen LogP) is 0.867. The van der Waals surface area contributed by atoms with Gasteiger partial charge in [-0.2, -0.15) is 5.10 Å². The Balaban J connectivity index is 2.31. The third-order valence-corrected chi connectivity index (χ3v) is 3.15. The molecule has 0 saturated heterocycles. The Bertz CT molecular complexity index is 664. The molecule has 0 aliphatic carbocycles. The zero-order valence-electron chi connectivity index (χ0n) is 12.8. The summed E-state index contributed by atoms with van der Waals surface area (Å²) in [4.78, 5) is 27.8. The lowest BCUT2D eigenvalue weighted by Gasteiger charge is -2.12. The van der Waals surface area contributed by atoms with Crippen LogP contribution in [0.1, 0.15) is 35.8 Å². The maximum atomic E-state index is 12.3. The fraction of sp³-hybridized carbons (Fsp3) is 0.333. The van der Waals surface area contributed by atoms with Gasteiger partial charge in [-0.3, -0.25) is 9.59 Å². The lowest BCUT2D eigenvalue weighted by atomic mass is 10.1. The summed E-state index contributed by atoms with van der Waals surface area (Å²) in [7, 11) is 1.52. The molecule has 2 N–H and O–H groups in total. The van der Waals surface area contributed by atoms with E-state index in [0.717, 1.165) is 5.69 Å². The lowest BCUT2D eigenvalue weighted by Crippen LogP contribution is -2.35. The second-order valence-corrected chi connectivity index (χ2v) is 5.05. The number of nitrogens with one attached hydrogen (secondary N) is 2. The number of hydrogen-bond donors (Lipinski definition) is 2. The number of carbonyl (C=O) groups is 2. The Hall–Kier alpha value is -2.70. The molecule has 2 heterocycles. The number of hydrogen-bond acceptors (Lipinski definition) is 4. The first-order chi connectivity index (χ1) is 10.5. The van der Waals surface area contributed by atoms with Crippen molar-refractivity contribution in [3.05, 3.63) is 41.9 Å². The van der Waals surface area contributed by atoms with E-state index in [1.54, 1.807) is 10.9 Å². The molecule has 2 amide bonds. The third-order valence-electron chi connectivity index (χ3n) is 3.15. The number of carbonyl (C=O) groups excluding carboxylic acids is 2. The molecule has 116 valence electrons. The zero-order valence-corrected chi connectivity index (χ0v) is 12.8. The number of aromatic nitrogens is 3. The Morgan fingerprint density at radius 3 is 2.68 bits per heavy atom. The highest BCUT2D eigenvalue weighted by Gasteiger charge is 2.21. The van der Waals surface area contributed by atoms with E-state index in [9.17, 15) is 9.59 Å². The van der Waals surface area contributed by atoms with Gasteiger partial charge in [-0.1, -0.05) is 19.9 Å². The summed E-state index contributed by atoms with van der Waals surface area (Å²) in [5.74, 6) is 0.146. The van der Waals surface area contributed by atoms with Gasteiger partial charge in [0.1, 0.15) is 0 Å². The van der Waals surface area contributed by atoms with Gasteiger partial charge in [0.15, 0.2) is 5.82 Å². The highest BCUT2D eigenvalue weighted by molar-refractivity contribution is 5.97. The van der Waals surface area contributed by atoms with Gasteiger partial charge in [-0.05, 0) is 18.1 Å². The number of nitrogens with zero attached hydrogens (tertiary/aromatic N) is 3. The molecular weight excluding hydrogens is 282 g/mol. The molecule has 0 fully saturated rings. The van der Waals surface area contributed by atoms with Crippen LogP contribution in [0, 0.1) is 0 Å². The molecule has 2 aromatic rings. The molecular formula is C15H19N5O2. The minimum atomic E-state index is -0.325. The number of likely N-dealkylation sites (N-methyl/N-ethyl adjacent to an activating group) is 1. The number of pyridine rings is 1. The highest BCUT2D eigenvalue weighted by atomic mass is 16.2. The molecule has 0 bridgehead atoms. The Morgan fingerprint density at radius 1 is 1.32 bits per heavy atom. The van der Waals surface area contributed by atoms with Gasteiger partial charge in [0.05, 0.1) is 24.0 Å². The zero-order chi connectivity index (χ0) is 16.1. The molecule has 0 unspecified atom stereocenters. The average molecular weight is 301 g/mol. The first-order valence-corrected chi connectivity index (χ1v) is 7.02. The molecule has 0 aliphatic heterocycles. The molecule has 0 saturated carbocycles. The summed E-state index contributed by atoms with van der Waals surface area (Å²) in [6.07, 6.45) is 3.18. The normalized spacial score (nSPS) is 10.5. The van der Waals surface area contributed by atoms with Crippen LogP contribution < -0.4 is 10.6 Å². The predicted molar refractivity (Wildman–Crippen MR) is 81.8 cm³/mol. The van der Waals surface area contributed by atoms with Gasteiger partial charge < -0.3 is 10.6 Å². The molecule has 7 heteroatoms. The van der Waals surface area contributed by atoms with Crippen molar-refractivity contribution in [2.75, 3.05) is 13.6 Å². The van der Waals surface area contributed by atoms with Gasteiger partial charge >= 0.3 is 0 Å². The Morgan fingerprint density at radius 2 is 2.09 bits per heavy atom. The van der Waals surface area contributed by atoms with Crippen molar-refractivity contribution in [2.24, 2.45) is 0 Å². The fourth-order valence-electron chi connectivity index (χ4n) is 2.09. The second kappa shape index (κ2) is 6.84. The van der Waals surface area contributed by atoms with E-state index in [1.807, 2.05) is 32.0 Å². The van der Waals surface area contributed by atoms with Crippen LogP contribution in [0.4, 0.5) is 0 Å². The van der Waals surface area contributed by atoms with Crippen LogP contribution in [-0.4, -0.2) is 40.2 Å². The third kappa shape index (κ3) is 3.30. The van der Waals surface area contributed by atoms with Crippen LogP contribution in [0.25, 0.3) is 5.82 Å². The first kappa shape index (κ1) is 15.7. The van der Waals surface area contributed by atoms with Crippen LogP contribution in [0.3, 0.4) is 0 Å². The van der Waals surface area contributed by atoms with Gasteiger partial charge in [0.25, 0.3) is 5.91 Å². The standard InChI is InChI=1S/C15H19N5O2/c1-10(2)14-11(15(22)18-9-13(21)16-3)8-19-20(14)12-6-4-5-7-17-12/h4-8,10H,9H2,1-3H3,(H,16,21)(H,18,22). The summed E-state index contributed by atoms with van der Waals surface area (Å²) in [5, 5.41) is 9.31. The largest absolute Gasteiger partial charge is 0.358 e. The van der Waals surface area contributed by atoms with Crippen molar-refractivity contribution in [1.82, 2.24) is 25.4 Å². The van der Waals surface area contributed by atoms with Crippen molar-refractivity contribution in [2.45, 2.75) is 19.8 Å². The van der Waals surface area contributed by atoms with Crippen molar-refractivity contribution in [3.63, 3.8) is 0 Å². The van der Waals surface area contributed by atoms with E-state index in [-0.39, 0.29) is 24.3 Å². The van der Waals surface area contributed by atoms with Gasteiger partial charge in [0, 0.05) is 13.2 Å². The second-order valence-electron chi connectivity index (χ2n) is 5.05. The molecule has 0 atom stereocenters. The molecule has 2 rings (SSSR count).